The summed E-state index contributed by atoms with van der Waals surface area (Å²) in [4.78, 5) is 6.83. The van der Waals surface area contributed by atoms with Gasteiger partial charge in [-0.3, -0.25) is 4.90 Å². The molecule has 2 aromatic rings. The highest BCUT2D eigenvalue weighted by Gasteiger charge is 2.24. The van der Waals surface area contributed by atoms with Gasteiger partial charge in [0.25, 0.3) is 6.43 Å². The van der Waals surface area contributed by atoms with Crippen molar-refractivity contribution in [2.75, 3.05) is 42.6 Å². The van der Waals surface area contributed by atoms with Crippen LogP contribution < -0.4 is 4.90 Å². The Bertz CT molecular complexity index is 1260. The molecule has 0 aromatic heterocycles. The van der Waals surface area contributed by atoms with Gasteiger partial charge in [0.15, 0.2) is 0 Å². The predicted molar refractivity (Wildman–Crippen MR) is 158 cm³/mol. The van der Waals surface area contributed by atoms with Crippen molar-refractivity contribution in [1.82, 2.24) is 9.80 Å². The molecule has 0 amide bonds. The van der Waals surface area contributed by atoms with Crippen molar-refractivity contribution in [3.8, 4) is 0 Å². The Balaban J connectivity index is 1.35. The predicted octanol–water partition coefficient (Wildman–Crippen LogP) is 6.12. The molecule has 3 aliphatic heterocycles. The summed E-state index contributed by atoms with van der Waals surface area (Å²) in [7, 11) is 0.173. The van der Waals surface area contributed by atoms with Gasteiger partial charge >= 0.3 is 0 Å². The normalized spacial score (nSPS) is 18.8. The molecule has 5 rings (SSSR count). The Morgan fingerprint density at radius 1 is 0.974 bits per heavy atom. The molecule has 0 bridgehead atoms. The molecule has 0 radical (unpaired) electrons. The third-order valence-electron chi connectivity index (χ3n) is 7.69. The maximum absolute atomic E-state index is 15.4. The second-order valence-electron chi connectivity index (χ2n) is 10.4. The van der Waals surface area contributed by atoms with E-state index in [1.165, 1.54) is 30.9 Å². The molecule has 208 valence electrons. The van der Waals surface area contributed by atoms with Crippen LogP contribution in [0.1, 0.15) is 42.4 Å². The van der Waals surface area contributed by atoms with Crippen LogP contribution in [0.5, 0.6) is 0 Å². The number of rotatable bonds is 9. The van der Waals surface area contributed by atoms with E-state index in [0.29, 0.717) is 23.4 Å². The molecular weight excluding hydrogens is 519 g/mol. The summed E-state index contributed by atoms with van der Waals surface area (Å²) >= 11 is 0. The Labute approximate surface area is 231 Å². The van der Waals surface area contributed by atoms with Gasteiger partial charge in [-0.25, -0.2) is 13.2 Å². The molecule has 3 aliphatic rings. The van der Waals surface area contributed by atoms with Gasteiger partial charge in [0.2, 0.25) is 0 Å². The molecule has 2 saturated heterocycles. The van der Waals surface area contributed by atoms with Gasteiger partial charge < -0.3 is 9.80 Å². The molecule has 0 atom stereocenters. The minimum Gasteiger partial charge on any atom is -0.357 e. The van der Waals surface area contributed by atoms with E-state index in [2.05, 4.69) is 61.6 Å². The zero-order valence-corrected chi connectivity index (χ0v) is 23.1. The van der Waals surface area contributed by atoms with Crippen molar-refractivity contribution in [3.05, 3.63) is 77.4 Å². The molecule has 3 heterocycles. The van der Waals surface area contributed by atoms with E-state index < -0.39 is 12.2 Å². The molecule has 2 aromatic carbocycles. The summed E-state index contributed by atoms with van der Waals surface area (Å²) in [5.74, 6) is 6.72. The number of hydrogen-bond acceptors (Lipinski definition) is 5. The molecule has 0 aliphatic carbocycles. The fraction of sp³-hybridized carbons (Fsp3) is 0.433. The standard InChI is InChI=1S/C30H36F3N5S/c1-22(37-14-16-39(2)17-15-37)38(26-10-6-23(7-11-26)20-36-12-4-3-5-13-36)21-25-9-8-24(18-27(25)31)28-19-29(30(32)33)35-34-28/h6-11,18,30H,1-5,12-17,19-21H2. The van der Waals surface area contributed by atoms with Gasteiger partial charge in [0.1, 0.15) is 17.3 Å². The summed E-state index contributed by atoms with van der Waals surface area (Å²) in [5, 5.41) is 7.41. The molecular formula is C30H36F3N5S. The van der Waals surface area contributed by atoms with Crippen LogP contribution in [-0.2, 0) is 13.1 Å². The van der Waals surface area contributed by atoms with E-state index in [9.17, 15) is 8.78 Å². The summed E-state index contributed by atoms with van der Waals surface area (Å²) in [6, 6.07) is 13.3. The SMILES string of the molecule is C=C(N1CCS(=C)CC1)N(Cc1ccc(C2=NN=C(C(F)F)C2)cc1F)c1ccc(CN2CCCCC2)cc1. The number of anilines is 1. The van der Waals surface area contributed by atoms with Crippen LogP contribution in [0, 0.1) is 5.82 Å². The van der Waals surface area contributed by atoms with Crippen molar-refractivity contribution in [2.45, 2.75) is 45.2 Å². The molecule has 0 N–H and O–H groups in total. The first-order valence-electron chi connectivity index (χ1n) is 13.6. The van der Waals surface area contributed by atoms with Gasteiger partial charge in [-0.2, -0.15) is 20.7 Å². The van der Waals surface area contributed by atoms with Crippen LogP contribution in [0.15, 0.2) is 65.1 Å². The van der Waals surface area contributed by atoms with Crippen LogP contribution in [0.25, 0.3) is 0 Å². The number of likely N-dealkylation sites (tertiary alicyclic amines) is 1. The van der Waals surface area contributed by atoms with E-state index >= 15 is 4.39 Å². The number of alkyl halides is 2. The molecule has 0 unspecified atom stereocenters. The van der Waals surface area contributed by atoms with Crippen molar-refractivity contribution in [1.29, 1.82) is 0 Å². The summed E-state index contributed by atoms with van der Waals surface area (Å²) in [6.07, 6.45) is 1.11. The summed E-state index contributed by atoms with van der Waals surface area (Å²) in [5.41, 5.74) is 3.27. The summed E-state index contributed by atoms with van der Waals surface area (Å²) in [6.45, 7) is 9.71. The third-order valence-corrected chi connectivity index (χ3v) is 9.21. The second-order valence-corrected chi connectivity index (χ2v) is 12.5. The van der Waals surface area contributed by atoms with Gasteiger partial charge in [-0.05, 0) is 49.7 Å². The zero-order chi connectivity index (χ0) is 27.4. The Hall–Kier alpha value is -2.91. The quantitative estimate of drug-likeness (QED) is 0.350. The molecule has 0 saturated carbocycles. The number of hydrogen-bond donors (Lipinski definition) is 0. The fourth-order valence-corrected chi connectivity index (χ4v) is 6.44. The maximum Gasteiger partial charge on any atom is 0.278 e. The first-order chi connectivity index (χ1) is 18.9. The zero-order valence-electron chi connectivity index (χ0n) is 22.3. The van der Waals surface area contributed by atoms with Crippen LogP contribution in [-0.4, -0.2) is 71.2 Å². The smallest absolute Gasteiger partial charge is 0.278 e. The van der Waals surface area contributed by atoms with E-state index in [1.54, 1.807) is 12.1 Å². The molecule has 9 heteroatoms. The molecule has 39 heavy (non-hydrogen) atoms. The number of benzene rings is 2. The van der Waals surface area contributed by atoms with Crippen LogP contribution in [0.2, 0.25) is 0 Å². The molecule has 0 spiro atoms. The van der Waals surface area contributed by atoms with Crippen LogP contribution in [0.3, 0.4) is 0 Å². The fourth-order valence-electron chi connectivity index (χ4n) is 5.28. The lowest BCUT2D eigenvalue weighted by atomic mass is 10.0. The lowest BCUT2D eigenvalue weighted by molar-refractivity contribution is 0.221. The average Bonchev–Trinajstić information content (AvgIpc) is 3.45. The van der Waals surface area contributed by atoms with E-state index in [1.807, 2.05) is 0 Å². The van der Waals surface area contributed by atoms with Crippen molar-refractivity contribution >= 4 is 33.5 Å². The second kappa shape index (κ2) is 12.5. The number of halogens is 3. The number of piperidine rings is 1. The van der Waals surface area contributed by atoms with Crippen molar-refractivity contribution in [3.63, 3.8) is 0 Å². The Morgan fingerprint density at radius 3 is 2.33 bits per heavy atom. The molecule has 2 fully saturated rings. The van der Waals surface area contributed by atoms with Gasteiger partial charge in [-0.1, -0.05) is 43.1 Å². The first-order valence-corrected chi connectivity index (χ1v) is 15.3. The lowest BCUT2D eigenvalue weighted by Gasteiger charge is -2.38. The van der Waals surface area contributed by atoms with Crippen LogP contribution >= 0.6 is 10.5 Å². The highest BCUT2D eigenvalue weighted by molar-refractivity contribution is 8.14. The number of nitrogens with zero attached hydrogens (tertiary/aromatic N) is 5. The Morgan fingerprint density at radius 2 is 1.69 bits per heavy atom. The van der Waals surface area contributed by atoms with Crippen LogP contribution in [0.4, 0.5) is 18.9 Å². The summed E-state index contributed by atoms with van der Waals surface area (Å²) < 4.78 is 41.3. The van der Waals surface area contributed by atoms with Gasteiger partial charge in [-0.15, -0.1) is 0 Å². The monoisotopic (exact) mass is 555 g/mol. The minimum atomic E-state index is -2.66. The highest BCUT2D eigenvalue weighted by atomic mass is 32.2. The highest BCUT2D eigenvalue weighted by Crippen LogP contribution is 2.29. The molecule has 5 nitrogen and oxygen atoms in total. The maximum atomic E-state index is 15.4. The first kappa shape index (κ1) is 27.6. The van der Waals surface area contributed by atoms with Gasteiger partial charge in [0, 0.05) is 54.4 Å². The largest absolute Gasteiger partial charge is 0.357 e. The average molecular weight is 556 g/mol. The minimum absolute atomic E-state index is 0.0634. The van der Waals surface area contributed by atoms with Crippen molar-refractivity contribution < 1.29 is 13.2 Å². The lowest BCUT2D eigenvalue weighted by Crippen LogP contribution is -2.40. The van der Waals surface area contributed by atoms with Crippen molar-refractivity contribution in [2.24, 2.45) is 10.2 Å². The third kappa shape index (κ3) is 6.81. The van der Waals surface area contributed by atoms with E-state index in [-0.39, 0.29) is 22.6 Å². The van der Waals surface area contributed by atoms with E-state index in [0.717, 1.165) is 55.7 Å². The van der Waals surface area contributed by atoms with E-state index in [4.69, 9.17) is 0 Å². The topological polar surface area (TPSA) is 34.4 Å². The Kier molecular flexibility index (Phi) is 8.87. The van der Waals surface area contributed by atoms with Gasteiger partial charge in [0.05, 0.1) is 12.3 Å².